The molecule has 2 aliphatic heterocycles. The molecule has 2 fully saturated rings. The van der Waals surface area contributed by atoms with Gasteiger partial charge < -0.3 is 10.6 Å². The van der Waals surface area contributed by atoms with Crippen molar-refractivity contribution >= 4 is 44.7 Å². The summed E-state index contributed by atoms with van der Waals surface area (Å²) in [4.78, 5) is 31.5. The predicted molar refractivity (Wildman–Crippen MR) is 155 cm³/mol. The summed E-state index contributed by atoms with van der Waals surface area (Å²) in [6.07, 6.45) is 2.19. The Morgan fingerprint density at radius 2 is 1.82 bits per heavy atom. The average molecular weight is 595 g/mol. The zero-order valence-corrected chi connectivity index (χ0v) is 24.8. The van der Waals surface area contributed by atoms with Gasteiger partial charge in [0, 0.05) is 31.6 Å². The molecule has 1 amide bonds. The maximum Gasteiger partial charge on any atom is 0.240 e. The summed E-state index contributed by atoms with van der Waals surface area (Å²) in [5.41, 5.74) is 7.20. The van der Waals surface area contributed by atoms with Gasteiger partial charge in [0.05, 0.1) is 32.8 Å². The lowest BCUT2D eigenvalue weighted by Gasteiger charge is -2.33. The first-order valence-electron chi connectivity index (χ1n) is 13.5. The number of ketones is 1. The monoisotopic (exact) mass is 593 g/mol. The SMILES string of the molecule is CC(C)C[C@H](C(=O)CCc1ccc(Cl)c(Cl)c1)N1CCC(CS(=O)(=O)c2ccccc2)N2C[C@H](N)C[C@H]2C1=O. The van der Waals surface area contributed by atoms with E-state index >= 15 is 0 Å². The largest absolute Gasteiger partial charge is 0.331 e. The zero-order chi connectivity index (χ0) is 28.3. The Kier molecular flexibility index (Phi) is 9.76. The van der Waals surface area contributed by atoms with Gasteiger partial charge in [-0.2, -0.15) is 0 Å². The first-order chi connectivity index (χ1) is 18.5. The van der Waals surface area contributed by atoms with Crippen LogP contribution in [0, 0.1) is 5.92 Å². The van der Waals surface area contributed by atoms with Gasteiger partial charge in [-0.15, -0.1) is 0 Å². The average Bonchev–Trinajstić information content (AvgIpc) is 3.24. The standard InChI is InChI=1S/C29H37Cl2N3O4S/c1-19(2)14-26(28(35)11-9-20-8-10-24(30)25(31)15-20)33-13-12-22(34-17-21(32)16-27(34)29(33)36)18-39(37,38)23-6-4-3-5-7-23/h3-8,10,15,19,21-22,26-27H,9,11-14,16-18,32H2,1-2H3/t21-,22?,26-,27+/m1/s1. The number of carbonyl (C=O) groups is 2. The number of sulfone groups is 1. The number of hydrogen-bond acceptors (Lipinski definition) is 6. The van der Waals surface area contributed by atoms with Crippen LogP contribution in [0.4, 0.5) is 0 Å². The molecule has 212 valence electrons. The molecular weight excluding hydrogens is 557 g/mol. The van der Waals surface area contributed by atoms with Crippen molar-refractivity contribution in [2.24, 2.45) is 11.7 Å². The molecule has 4 rings (SSSR count). The summed E-state index contributed by atoms with van der Waals surface area (Å²) in [6.45, 7) is 4.86. The second-order valence-electron chi connectivity index (χ2n) is 11.1. The van der Waals surface area contributed by atoms with Crippen molar-refractivity contribution in [1.82, 2.24) is 9.80 Å². The molecule has 39 heavy (non-hydrogen) atoms. The molecule has 2 aliphatic rings. The maximum absolute atomic E-state index is 13.9. The van der Waals surface area contributed by atoms with Crippen LogP contribution >= 0.6 is 23.2 Å². The van der Waals surface area contributed by atoms with E-state index in [1.165, 1.54) is 0 Å². The summed E-state index contributed by atoms with van der Waals surface area (Å²) >= 11 is 12.2. The van der Waals surface area contributed by atoms with Crippen molar-refractivity contribution in [2.75, 3.05) is 18.8 Å². The molecule has 0 aromatic heterocycles. The van der Waals surface area contributed by atoms with Gasteiger partial charge in [0.2, 0.25) is 5.91 Å². The van der Waals surface area contributed by atoms with E-state index in [2.05, 4.69) is 0 Å². The number of fused-ring (bicyclic) bond motifs is 1. The van der Waals surface area contributed by atoms with E-state index in [0.29, 0.717) is 48.8 Å². The van der Waals surface area contributed by atoms with Crippen molar-refractivity contribution in [1.29, 1.82) is 0 Å². The highest BCUT2D eigenvalue weighted by molar-refractivity contribution is 7.91. The smallest absolute Gasteiger partial charge is 0.240 e. The molecular formula is C29H37Cl2N3O4S. The van der Waals surface area contributed by atoms with Crippen LogP contribution in [-0.2, 0) is 25.8 Å². The summed E-state index contributed by atoms with van der Waals surface area (Å²) in [7, 11) is -3.57. The van der Waals surface area contributed by atoms with Crippen LogP contribution in [0.15, 0.2) is 53.4 Å². The molecule has 4 atom stereocenters. The van der Waals surface area contributed by atoms with Crippen molar-refractivity contribution in [2.45, 2.75) is 75.0 Å². The molecule has 10 heteroatoms. The molecule has 2 aromatic carbocycles. The zero-order valence-electron chi connectivity index (χ0n) is 22.4. The van der Waals surface area contributed by atoms with E-state index in [0.717, 1.165) is 5.56 Å². The highest BCUT2D eigenvalue weighted by Gasteiger charge is 2.46. The topological polar surface area (TPSA) is 101 Å². The van der Waals surface area contributed by atoms with Crippen molar-refractivity contribution in [3.63, 3.8) is 0 Å². The Balaban J connectivity index is 1.56. The Hall–Kier alpha value is -1.97. The highest BCUT2D eigenvalue weighted by atomic mass is 35.5. The van der Waals surface area contributed by atoms with E-state index < -0.39 is 21.9 Å². The lowest BCUT2D eigenvalue weighted by Crippen LogP contribution is -2.51. The van der Waals surface area contributed by atoms with Gasteiger partial charge in [0.1, 0.15) is 0 Å². The third-order valence-corrected chi connectivity index (χ3v) is 10.3. The summed E-state index contributed by atoms with van der Waals surface area (Å²) in [5.74, 6) is -0.0406. The second kappa shape index (κ2) is 12.7. The third kappa shape index (κ3) is 7.22. The molecule has 2 saturated heterocycles. The number of hydrogen-bond donors (Lipinski definition) is 1. The number of nitrogens with zero attached hydrogens (tertiary/aromatic N) is 2. The summed E-state index contributed by atoms with van der Waals surface area (Å²) in [6, 6.07) is 12.0. The predicted octanol–water partition coefficient (Wildman–Crippen LogP) is 4.39. The summed E-state index contributed by atoms with van der Waals surface area (Å²) in [5, 5.41) is 0.903. The Morgan fingerprint density at radius 3 is 2.49 bits per heavy atom. The molecule has 0 saturated carbocycles. The van der Waals surface area contributed by atoms with Gasteiger partial charge in [-0.1, -0.05) is 61.3 Å². The molecule has 7 nitrogen and oxygen atoms in total. The van der Waals surface area contributed by atoms with E-state index in [4.69, 9.17) is 28.9 Å². The molecule has 0 spiro atoms. The Bertz CT molecular complexity index is 1290. The van der Waals surface area contributed by atoms with Gasteiger partial charge in [-0.05, 0) is 61.4 Å². The molecule has 1 unspecified atom stereocenters. The van der Waals surface area contributed by atoms with Crippen LogP contribution in [0.2, 0.25) is 10.0 Å². The van der Waals surface area contributed by atoms with Gasteiger partial charge >= 0.3 is 0 Å². The Morgan fingerprint density at radius 1 is 1.10 bits per heavy atom. The lowest BCUT2D eigenvalue weighted by molar-refractivity contribution is -0.142. The molecule has 2 heterocycles. The van der Waals surface area contributed by atoms with Gasteiger partial charge in [-0.3, -0.25) is 14.5 Å². The number of amides is 1. The van der Waals surface area contributed by atoms with Crippen LogP contribution < -0.4 is 5.73 Å². The van der Waals surface area contributed by atoms with Crippen LogP contribution in [0.5, 0.6) is 0 Å². The quantitative estimate of drug-likeness (QED) is 0.438. The minimum atomic E-state index is -3.57. The fraction of sp³-hybridized carbons (Fsp3) is 0.517. The van der Waals surface area contributed by atoms with Gasteiger partial charge in [-0.25, -0.2) is 8.42 Å². The van der Waals surface area contributed by atoms with E-state index in [-0.39, 0.29) is 46.8 Å². The van der Waals surface area contributed by atoms with Crippen LogP contribution in [0.1, 0.15) is 45.1 Å². The number of rotatable bonds is 10. The fourth-order valence-electron chi connectivity index (χ4n) is 5.77. The third-order valence-electron chi connectivity index (χ3n) is 7.71. The molecule has 2 N–H and O–H groups in total. The first-order valence-corrected chi connectivity index (χ1v) is 15.9. The Labute approximate surface area is 241 Å². The fourth-order valence-corrected chi connectivity index (χ4v) is 7.72. The number of nitrogens with two attached hydrogens (primary N) is 1. The van der Waals surface area contributed by atoms with Crippen LogP contribution in [-0.4, -0.2) is 72.9 Å². The number of halogens is 2. The van der Waals surface area contributed by atoms with Crippen molar-refractivity contribution in [3.8, 4) is 0 Å². The molecule has 0 bridgehead atoms. The lowest BCUT2D eigenvalue weighted by atomic mass is 9.94. The molecule has 0 aliphatic carbocycles. The van der Waals surface area contributed by atoms with Crippen LogP contribution in [0.25, 0.3) is 0 Å². The van der Waals surface area contributed by atoms with E-state index in [9.17, 15) is 18.0 Å². The number of Topliss-reactive ketones (excluding diaryl/α,β-unsaturated/α-hetero) is 1. The van der Waals surface area contributed by atoms with Crippen LogP contribution in [0.3, 0.4) is 0 Å². The van der Waals surface area contributed by atoms with Crippen molar-refractivity contribution in [3.05, 3.63) is 64.1 Å². The normalized spacial score (nSPS) is 23.1. The first kappa shape index (κ1) is 30.0. The second-order valence-corrected chi connectivity index (χ2v) is 14.0. The van der Waals surface area contributed by atoms with Gasteiger partial charge in [0.15, 0.2) is 15.6 Å². The highest BCUT2D eigenvalue weighted by Crippen LogP contribution is 2.31. The maximum atomic E-state index is 13.9. The number of aryl methyl sites for hydroxylation is 1. The van der Waals surface area contributed by atoms with Crippen molar-refractivity contribution < 1.29 is 18.0 Å². The summed E-state index contributed by atoms with van der Waals surface area (Å²) < 4.78 is 26.5. The molecule has 0 radical (unpaired) electrons. The van der Waals surface area contributed by atoms with E-state index in [1.54, 1.807) is 47.4 Å². The minimum absolute atomic E-state index is 0.00711. The molecule has 2 aromatic rings. The minimum Gasteiger partial charge on any atom is -0.331 e. The number of benzene rings is 2. The van der Waals surface area contributed by atoms with E-state index in [1.807, 2.05) is 24.8 Å². The van der Waals surface area contributed by atoms with Gasteiger partial charge in [0.25, 0.3) is 0 Å². The number of carbonyl (C=O) groups excluding carboxylic acids is 2.